The Labute approximate surface area is 184 Å². The third kappa shape index (κ3) is 8.22. The molecule has 0 bridgehead atoms. The van der Waals surface area contributed by atoms with Crippen LogP contribution in [0.1, 0.15) is 42.0 Å². The fourth-order valence-corrected chi connectivity index (χ4v) is 2.93. The number of rotatable bonds is 12. The maximum atomic E-state index is 12.1. The van der Waals surface area contributed by atoms with Gasteiger partial charge in [0.1, 0.15) is 18.1 Å². The van der Waals surface area contributed by atoms with Gasteiger partial charge >= 0.3 is 0 Å². The van der Waals surface area contributed by atoms with Gasteiger partial charge in [0.2, 0.25) is 0 Å². The van der Waals surface area contributed by atoms with Crippen molar-refractivity contribution in [3.63, 3.8) is 0 Å². The maximum absolute atomic E-state index is 12.1. The Balaban J connectivity index is 1.90. The van der Waals surface area contributed by atoms with Crippen molar-refractivity contribution in [3.05, 3.63) is 70.8 Å². The first kappa shape index (κ1) is 24.1. The lowest BCUT2D eigenvalue weighted by molar-refractivity contribution is -0.121. The van der Waals surface area contributed by atoms with Crippen LogP contribution in [0.15, 0.2) is 48.6 Å². The van der Waals surface area contributed by atoms with Crippen LogP contribution in [0.4, 0.5) is 0 Å². The molecule has 0 aliphatic carbocycles. The van der Waals surface area contributed by atoms with E-state index in [0.717, 1.165) is 40.2 Å². The second-order valence-corrected chi connectivity index (χ2v) is 7.31. The van der Waals surface area contributed by atoms with Crippen LogP contribution in [0, 0.1) is 13.8 Å². The van der Waals surface area contributed by atoms with E-state index in [-0.39, 0.29) is 18.0 Å². The first-order valence-corrected chi connectivity index (χ1v) is 10.5. The molecule has 0 amide bonds. The van der Waals surface area contributed by atoms with Crippen molar-refractivity contribution in [3.8, 4) is 11.5 Å². The van der Waals surface area contributed by atoms with Crippen molar-refractivity contribution in [2.24, 2.45) is 5.73 Å². The Kier molecular flexibility index (Phi) is 9.72. The van der Waals surface area contributed by atoms with Gasteiger partial charge in [0.25, 0.3) is 0 Å². The molecule has 31 heavy (non-hydrogen) atoms. The van der Waals surface area contributed by atoms with Crippen molar-refractivity contribution in [1.82, 2.24) is 0 Å². The van der Waals surface area contributed by atoms with Crippen LogP contribution in [-0.4, -0.2) is 31.3 Å². The van der Waals surface area contributed by atoms with E-state index >= 15 is 0 Å². The third-order valence-electron chi connectivity index (χ3n) is 4.51. The second kappa shape index (κ2) is 12.5. The van der Waals surface area contributed by atoms with Crippen molar-refractivity contribution < 1.29 is 19.1 Å². The molecule has 0 saturated heterocycles. The van der Waals surface area contributed by atoms with Crippen molar-refractivity contribution in [2.75, 3.05) is 19.8 Å². The molecule has 2 aromatic carbocycles. The molecule has 2 N–H and O–H groups in total. The molecular weight excluding hydrogens is 390 g/mol. The summed E-state index contributed by atoms with van der Waals surface area (Å²) in [6.07, 6.45) is 7.09. The van der Waals surface area contributed by atoms with E-state index in [2.05, 4.69) is 6.92 Å². The van der Waals surface area contributed by atoms with Crippen LogP contribution in [0.2, 0.25) is 0 Å². The Morgan fingerprint density at radius 2 is 1.32 bits per heavy atom. The zero-order valence-corrected chi connectivity index (χ0v) is 18.5. The molecule has 0 aliphatic heterocycles. The first-order valence-electron chi connectivity index (χ1n) is 10.5. The van der Waals surface area contributed by atoms with Gasteiger partial charge in [-0.2, -0.15) is 0 Å². The number of hydrogen-bond donors (Lipinski definition) is 1. The lowest BCUT2D eigenvalue weighted by Gasteiger charge is -2.08. The van der Waals surface area contributed by atoms with E-state index in [9.17, 15) is 9.59 Å². The lowest BCUT2D eigenvalue weighted by Crippen LogP contribution is -2.11. The number of aryl methyl sites for hydroxylation is 2. The smallest absolute Gasteiger partial charge is 0.163 e. The Hall–Kier alpha value is -3.18. The standard InChI is InChI=1S/C26H31NO4/c1-4-14-30-25-11-7-21(16-19(25)2)5-9-23(28)18-24(29)10-6-22-8-12-26(20(3)17-22)31-15-13-27/h5-12,16-17H,4,13-15,18,27H2,1-3H3/b9-5+,10-6+. The third-order valence-corrected chi connectivity index (χ3v) is 4.51. The summed E-state index contributed by atoms with van der Waals surface area (Å²) in [5.74, 6) is 1.14. The maximum Gasteiger partial charge on any atom is 0.163 e. The summed E-state index contributed by atoms with van der Waals surface area (Å²) in [6.45, 7) is 7.55. The van der Waals surface area contributed by atoms with Crippen LogP contribution < -0.4 is 15.2 Å². The fraction of sp³-hybridized carbons (Fsp3) is 0.308. The highest BCUT2D eigenvalue weighted by Gasteiger charge is 2.05. The van der Waals surface area contributed by atoms with Gasteiger partial charge < -0.3 is 15.2 Å². The van der Waals surface area contributed by atoms with Gasteiger partial charge in [-0.1, -0.05) is 31.2 Å². The molecule has 0 aromatic heterocycles. The molecule has 2 rings (SSSR count). The Bertz CT molecular complexity index is 882. The van der Waals surface area contributed by atoms with Gasteiger partial charge in [-0.25, -0.2) is 0 Å². The van der Waals surface area contributed by atoms with Crippen LogP contribution in [-0.2, 0) is 9.59 Å². The number of allylic oxidation sites excluding steroid dienone is 2. The summed E-state index contributed by atoms with van der Waals surface area (Å²) >= 11 is 0. The minimum atomic E-state index is -0.241. The molecule has 0 atom stereocenters. The van der Waals surface area contributed by atoms with Gasteiger partial charge in [0.05, 0.1) is 13.0 Å². The molecule has 5 nitrogen and oxygen atoms in total. The van der Waals surface area contributed by atoms with Crippen molar-refractivity contribution in [2.45, 2.75) is 33.6 Å². The van der Waals surface area contributed by atoms with Crippen LogP contribution >= 0.6 is 0 Å². The van der Waals surface area contributed by atoms with Gasteiger partial charge in [-0.3, -0.25) is 9.59 Å². The number of nitrogens with two attached hydrogens (primary N) is 1. The monoisotopic (exact) mass is 421 g/mol. The van der Waals surface area contributed by atoms with Gasteiger partial charge in [-0.15, -0.1) is 0 Å². The topological polar surface area (TPSA) is 78.6 Å². The van der Waals surface area contributed by atoms with Crippen molar-refractivity contribution >= 4 is 23.7 Å². The summed E-state index contributed by atoms with van der Waals surface area (Å²) < 4.78 is 11.2. The molecule has 0 spiro atoms. The van der Waals surface area contributed by atoms with Crippen LogP contribution in [0.5, 0.6) is 11.5 Å². The molecule has 0 unspecified atom stereocenters. The average Bonchev–Trinajstić information content (AvgIpc) is 2.75. The van der Waals surface area contributed by atoms with E-state index in [1.807, 2.05) is 50.2 Å². The van der Waals surface area contributed by atoms with Gasteiger partial charge in [0, 0.05) is 6.54 Å². The fourth-order valence-electron chi connectivity index (χ4n) is 2.93. The van der Waals surface area contributed by atoms with Gasteiger partial charge in [0.15, 0.2) is 11.6 Å². The highest BCUT2D eigenvalue weighted by Crippen LogP contribution is 2.21. The summed E-state index contributed by atoms with van der Waals surface area (Å²) in [5, 5.41) is 0. The molecule has 0 aliphatic rings. The number of hydrogen-bond acceptors (Lipinski definition) is 5. The zero-order chi connectivity index (χ0) is 22.6. The molecule has 5 heteroatoms. The summed E-state index contributed by atoms with van der Waals surface area (Å²) in [4.78, 5) is 24.3. The molecule has 0 fully saturated rings. The molecule has 0 saturated carbocycles. The summed E-state index contributed by atoms with van der Waals surface area (Å²) in [7, 11) is 0. The van der Waals surface area contributed by atoms with E-state index in [1.54, 1.807) is 12.2 Å². The van der Waals surface area contributed by atoms with Crippen LogP contribution in [0.3, 0.4) is 0 Å². The Morgan fingerprint density at radius 3 is 1.74 bits per heavy atom. The molecule has 164 valence electrons. The molecular formula is C26H31NO4. The number of carbonyl (C=O) groups is 2. The summed E-state index contributed by atoms with van der Waals surface area (Å²) in [6, 6.07) is 11.4. The predicted molar refractivity (Wildman–Crippen MR) is 125 cm³/mol. The van der Waals surface area contributed by atoms with Crippen molar-refractivity contribution in [1.29, 1.82) is 0 Å². The Morgan fingerprint density at radius 1 is 0.839 bits per heavy atom. The minimum absolute atomic E-state index is 0.166. The predicted octanol–water partition coefficient (Wildman–Crippen LogP) is 4.68. The second-order valence-electron chi connectivity index (χ2n) is 7.31. The number of ketones is 2. The number of benzene rings is 2. The summed E-state index contributed by atoms with van der Waals surface area (Å²) in [5.41, 5.74) is 9.19. The highest BCUT2D eigenvalue weighted by atomic mass is 16.5. The minimum Gasteiger partial charge on any atom is -0.493 e. The quantitative estimate of drug-likeness (QED) is 0.397. The van der Waals surface area contributed by atoms with E-state index in [4.69, 9.17) is 15.2 Å². The highest BCUT2D eigenvalue weighted by molar-refractivity contribution is 6.10. The van der Waals surface area contributed by atoms with Crippen LogP contribution in [0.25, 0.3) is 12.2 Å². The van der Waals surface area contributed by atoms with E-state index < -0.39 is 0 Å². The largest absolute Gasteiger partial charge is 0.493 e. The first-order chi connectivity index (χ1) is 14.9. The molecule has 0 heterocycles. The SMILES string of the molecule is CCCOc1ccc(/C=C/C(=O)CC(=O)/C=C/c2ccc(OCCN)c(C)c2)cc1C. The number of carbonyl (C=O) groups excluding carboxylic acids is 2. The van der Waals surface area contributed by atoms with E-state index in [0.29, 0.717) is 19.8 Å². The zero-order valence-electron chi connectivity index (χ0n) is 18.5. The normalized spacial score (nSPS) is 11.2. The molecule has 0 radical (unpaired) electrons. The molecule has 2 aromatic rings. The lowest BCUT2D eigenvalue weighted by atomic mass is 10.1. The average molecular weight is 422 g/mol. The number of ether oxygens (including phenoxy) is 2. The van der Waals surface area contributed by atoms with E-state index in [1.165, 1.54) is 12.2 Å². The van der Waals surface area contributed by atoms with Gasteiger partial charge in [-0.05, 0) is 78.9 Å².